The highest BCUT2D eigenvalue weighted by Gasteiger charge is 2.31. The maximum Gasteiger partial charge on any atom is 0.253 e. The first-order valence-corrected chi connectivity index (χ1v) is 9.70. The number of benzene rings is 1. The molecular formula is C20H29N3O5. The Balaban J connectivity index is 1.53. The van der Waals surface area contributed by atoms with E-state index in [0.29, 0.717) is 43.3 Å². The van der Waals surface area contributed by atoms with Crippen molar-refractivity contribution < 1.29 is 23.8 Å². The van der Waals surface area contributed by atoms with Crippen LogP contribution in [0, 0.1) is 0 Å². The van der Waals surface area contributed by atoms with Crippen molar-refractivity contribution in [2.24, 2.45) is 0 Å². The van der Waals surface area contributed by atoms with Crippen LogP contribution >= 0.6 is 0 Å². The number of hydrogen-bond donors (Lipinski definition) is 2. The predicted molar refractivity (Wildman–Crippen MR) is 104 cm³/mol. The van der Waals surface area contributed by atoms with Gasteiger partial charge in [-0.1, -0.05) is 0 Å². The number of nitrogens with one attached hydrogen (secondary N) is 2. The van der Waals surface area contributed by atoms with Crippen LogP contribution in [0.25, 0.3) is 0 Å². The van der Waals surface area contributed by atoms with Crippen LogP contribution in [0.5, 0.6) is 11.5 Å². The lowest BCUT2D eigenvalue weighted by molar-refractivity contribution is -0.129. The van der Waals surface area contributed by atoms with Crippen molar-refractivity contribution in [3.05, 3.63) is 23.8 Å². The summed E-state index contributed by atoms with van der Waals surface area (Å²) in [5.41, 5.74) is 0.567. The molecule has 2 aliphatic rings. The molecule has 0 unspecified atom stereocenters. The smallest absolute Gasteiger partial charge is 0.253 e. The van der Waals surface area contributed by atoms with E-state index in [-0.39, 0.29) is 30.0 Å². The van der Waals surface area contributed by atoms with Crippen molar-refractivity contribution in [1.29, 1.82) is 0 Å². The fourth-order valence-corrected chi connectivity index (χ4v) is 3.70. The Kier molecular flexibility index (Phi) is 6.74. The van der Waals surface area contributed by atoms with Crippen molar-refractivity contribution in [2.75, 3.05) is 40.5 Å². The van der Waals surface area contributed by atoms with Crippen LogP contribution < -0.4 is 20.1 Å². The largest absolute Gasteiger partial charge is 0.493 e. The van der Waals surface area contributed by atoms with Crippen LogP contribution in [0.3, 0.4) is 0 Å². The summed E-state index contributed by atoms with van der Waals surface area (Å²) < 4.78 is 16.0. The Morgan fingerprint density at radius 1 is 1.18 bits per heavy atom. The maximum absolute atomic E-state index is 12.8. The highest BCUT2D eigenvalue weighted by Crippen LogP contribution is 2.28. The van der Waals surface area contributed by atoms with Crippen LogP contribution in [0.4, 0.5) is 0 Å². The Hall–Kier alpha value is -2.32. The molecule has 0 bridgehead atoms. The van der Waals surface area contributed by atoms with Gasteiger partial charge in [-0.15, -0.1) is 0 Å². The molecule has 2 N–H and O–H groups in total. The van der Waals surface area contributed by atoms with Crippen molar-refractivity contribution in [1.82, 2.24) is 15.5 Å². The summed E-state index contributed by atoms with van der Waals surface area (Å²) in [4.78, 5) is 27.1. The van der Waals surface area contributed by atoms with Gasteiger partial charge >= 0.3 is 0 Å². The number of carbonyl (C=O) groups is 2. The minimum absolute atomic E-state index is 0.0307. The van der Waals surface area contributed by atoms with Crippen molar-refractivity contribution in [2.45, 2.75) is 38.0 Å². The fraction of sp³-hybridized carbons (Fsp3) is 0.600. The number of likely N-dealkylation sites (tertiary alicyclic amines) is 1. The number of hydrogen-bond acceptors (Lipinski definition) is 6. The monoisotopic (exact) mass is 391 g/mol. The molecule has 1 aromatic carbocycles. The Morgan fingerprint density at radius 2 is 1.89 bits per heavy atom. The number of rotatable bonds is 5. The van der Waals surface area contributed by atoms with Gasteiger partial charge in [0, 0.05) is 31.2 Å². The zero-order chi connectivity index (χ0) is 20.1. The molecule has 0 radical (unpaired) electrons. The highest BCUT2D eigenvalue weighted by molar-refractivity contribution is 5.95. The Bertz CT molecular complexity index is 703. The van der Waals surface area contributed by atoms with Gasteiger partial charge in [-0.2, -0.15) is 0 Å². The van der Waals surface area contributed by atoms with Crippen LogP contribution in [-0.2, 0) is 9.53 Å². The third kappa shape index (κ3) is 4.56. The molecule has 2 amide bonds. The minimum atomic E-state index is -0.319. The third-order valence-electron chi connectivity index (χ3n) is 5.36. The summed E-state index contributed by atoms with van der Waals surface area (Å²) in [6.45, 7) is 4.41. The van der Waals surface area contributed by atoms with E-state index in [1.54, 1.807) is 32.4 Å². The van der Waals surface area contributed by atoms with E-state index >= 15 is 0 Å². The molecule has 2 heterocycles. The quantitative estimate of drug-likeness (QED) is 0.772. The Morgan fingerprint density at radius 3 is 2.54 bits per heavy atom. The molecule has 3 rings (SSSR count). The van der Waals surface area contributed by atoms with Gasteiger partial charge < -0.3 is 29.7 Å². The molecule has 0 saturated carbocycles. The average molecular weight is 391 g/mol. The van der Waals surface area contributed by atoms with Gasteiger partial charge in [-0.3, -0.25) is 9.59 Å². The molecule has 8 nitrogen and oxygen atoms in total. The number of morpholine rings is 1. The standard InChI is InChI=1S/C20H29N3O5/c1-13-18(21-8-11-28-13)19(24)22-15-6-9-23(10-7-15)20(25)14-4-5-16(26-2)17(12-14)27-3/h4-5,12-13,15,18,21H,6-11H2,1-3H3,(H,22,24)/t13-,18+/m1/s1. The SMILES string of the molecule is COc1ccc(C(=O)N2CCC(NC(=O)[C@H]3NCCO[C@@H]3C)CC2)cc1OC. The second kappa shape index (κ2) is 9.25. The first-order valence-electron chi connectivity index (χ1n) is 9.70. The lowest BCUT2D eigenvalue weighted by Crippen LogP contribution is -2.58. The van der Waals surface area contributed by atoms with Crippen molar-refractivity contribution >= 4 is 11.8 Å². The van der Waals surface area contributed by atoms with E-state index < -0.39 is 0 Å². The highest BCUT2D eigenvalue weighted by atomic mass is 16.5. The first-order chi connectivity index (χ1) is 13.5. The van der Waals surface area contributed by atoms with E-state index in [1.165, 1.54) is 0 Å². The molecule has 2 atom stereocenters. The number of nitrogens with zero attached hydrogens (tertiary/aromatic N) is 1. The van der Waals surface area contributed by atoms with E-state index in [1.807, 2.05) is 11.8 Å². The van der Waals surface area contributed by atoms with Crippen LogP contribution in [-0.4, -0.2) is 75.4 Å². The summed E-state index contributed by atoms with van der Waals surface area (Å²) in [5, 5.41) is 6.30. The lowest BCUT2D eigenvalue weighted by atomic mass is 10.0. The molecule has 1 aromatic rings. The van der Waals surface area contributed by atoms with Gasteiger partial charge in [0.25, 0.3) is 5.91 Å². The molecule has 154 valence electrons. The summed E-state index contributed by atoms with van der Waals surface area (Å²) in [6.07, 6.45) is 1.32. The number of carbonyl (C=O) groups excluding carboxylic acids is 2. The number of piperidine rings is 1. The fourth-order valence-electron chi connectivity index (χ4n) is 3.70. The van der Waals surface area contributed by atoms with Crippen molar-refractivity contribution in [3.8, 4) is 11.5 Å². The molecule has 2 saturated heterocycles. The zero-order valence-corrected chi connectivity index (χ0v) is 16.7. The first kappa shape index (κ1) is 20.4. The van der Waals surface area contributed by atoms with E-state index in [0.717, 1.165) is 12.8 Å². The van der Waals surface area contributed by atoms with Crippen LogP contribution in [0.1, 0.15) is 30.1 Å². The lowest BCUT2D eigenvalue weighted by Gasteiger charge is -2.35. The minimum Gasteiger partial charge on any atom is -0.493 e. The van der Waals surface area contributed by atoms with E-state index in [2.05, 4.69) is 10.6 Å². The van der Waals surface area contributed by atoms with Gasteiger partial charge in [-0.25, -0.2) is 0 Å². The third-order valence-corrected chi connectivity index (χ3v) is 5.36. The molecule has 28 heavy (non-hydrogen) atoms. The molecule has 0 spiro atoms. The molecule has 0 aliphatic carbocycles. The molecule has 8 heteroatoms. The summed E-state index contributed by atoms with van der Waals surface area (Å²) in [7, 11) is 3.11. The number of amides is 2. The van der Waals surface area contributed by atoms with E-state index in [9.17, 15) is 9.59 Å². The second-order valence-corrected chi connectivity index (χ2v) is 7.15. The van der Waals surface area contributed by atoms with Gasteiger partial charge in [0.2, 0.25) is 5.91 Å². The van der Waals surface area contributed by atoms with E-state index in [4.69, 9.17) is 14.2 Å². The summed E-state index contributed by atoms with van der Waals surface area (Å²) >= 11 is 0. The van der Waals surface area contributed by atoms with Crippen molar-refractivity contribution in [3.63, 3.8) is 0 Å². The summed E-state index contributed by atoms with van der Waals surface area (Å²) in [6, 6.07) is 4.93. The molecule has 2 fully saturated rings. The maximum atomic E-state index is 12.8. The van der Waals surface area contributed by atoms with Crippen LogP contribution in [0.15, 0.2) is 18.2 Å². The van der Waals surface area contributed by atoms with Gasteiger partial charge in [0.15, 0.2) is 11.5 Å². The average Bonchev–Trinajstić information content (AvgIpc) is 2.73. The normalized spacial score (nSPS) is 23.2. The summed E-state index contributed by atoms with van der Waals surface area (Å²) in [5.74, 6) is 1.06. The predicted octanol–water partition coefficient (Wildman–Crippen LogP) is 0.802. The second-order valence-electron chi connectivity index (χ2n) is 7.15. The zero-order valence-electron chi connectivity index (χ0n) is 16.7. The topological polar surface area (TPSA) is 89.1 Å². The molecule has 2 aliphatic heterocycles. The number of ether oxygens (including phenoxy) is 3. The van der Waals surface area contributed by atoms with Gasteiger partial charge in [0.05, 0.1) is 26.9 Å². The van der Waals surface area contributed by atoms with Gasteiger partial charge in [-0.05, 0) is 38.0 Å². The van der Waals surface area contributed by atoms with Crippen LogP contribution in [0.2, 0.25) is 0 Å². The number of methoxy groups -OCH3 is 2. The Labute approximate surface area is 165 Å². The van der Waals surface area contributed by atoms with Gasteiger partial charge in [0.1, 0.15) is 6.04 Å². The molecule has 0 aromatic heterocycles. The molecular weight excluding hydrogens is 362 g/mol.